The Morgan fingerprint density at radius 2 is 2.00 bits per heavy atom. The fourth-order valence-electron chi connectivity index (χ4n) is 5.32. The van der Waals surface area contributed by atoms with Crippen LogP contribution in [-0.4, -0.2) is 35.6 Å². The number of hydrogen-bond donors (Lipinski definition) is 2. The Kier molecular flexibility index (Phi) is 7.40. The third-order valence-electron chi connectivity index (χ3n) is 7.17. The van der Waals surface area contributed by atoms with Gasteiger partial charge in [-0.3, -0.25) is 4.90 Å². The third-order valence-corrected chi connectivity index (χ3v) is 8.34. The van der Waals surface area contributed by atoms with Crippen molar-refractivity contribution in [2.75, 3.05) is 25.0 Å². The van der Waals surface area contributed by atoms with Crippen LogP contribution in [0, 0.1) is 11.8 Å². The summed E-state index contributed by atoms with van der Waals surface area (Å²) in [5.74, 6) is 0.566. The minimum atomic E-state index is -0.820. The maximum atomic E-state index is 12.3. The van der Waals surface area contributed by atoms with E-state index in [1.54, 1.807) is 0 Å². The van der Waals surface area contributed by atoms with Crippen LogP contribution in [0.15, 0.2) is 48.2 Å². The average Bonchev–Trinajstić information content (AvgIpc) is 3.25. The Labute approximate surface area is 202 Å². The number of rotatable bonds is 7. The third kappa shape index (κ3) is 5.42. The lowest BCUT2D eigenvalue weighted by atomic mass is 9.75. The van der Waals surface area contributed by atoms with Gasteiger partial charge in [0, 0.05) is 34.9 Å². The molecule has 2 heterocycles. The predicted molar refractivity (Wildman–Crippen MR) is 140 cm³/mol. The van der Waals surface area contributed by atoms with Gasteiger partial charge in [-0.1, -0.05) is 45.4 Å². The van der Waals surface area contributed by atoms with Crippen LogP contribution in [-0.2, 0) is 0 Å². The summed E-state index contributed by atoms with van der Waals surface area (Å²) in [4.78, 5) is 16.3. The van der Waals surface area contributed by atoms with Gasteiger partial charge in [0.15, 0.2) is 0 Å². The van der Waals surface area contributed by atoms with Gasteiger partial charge in [-0.05, 0) is 79.5 Å². The van der Waals surface area contributed by atoms with Crippen LogP contribution in [0.25, 0.3) is 16.0 Å². The van der Waals surface area contributed by atoms with E-state index in [-0.39, 0.29) is 0 Å². The van der Waals surface area contributed by atoms with Gasteiger partial charge >= 0.3 is 5.97 Å². The van der Waals surface area contributed by atoms with Gasteiger partial charge in [-0.15, -0.1) is 11.3 Å². The normalized spacial score (nSPS) is 21.8. The van der Waals surface area contributed by atoms with Gasteiger partial charge < -0.3 is 10.4 Å². The van der Waals surface area contributed by atoms with Crippen molar-refractivity contribution < 1.29 is 9.90 Å². The van der Waals surface area contributed by atoms with Crippen molar-refractivity contribution in [1.82, 2.24) is 4.90 Å². The number of thiophene rings is 1. The second-order valence-corrected chi connectivity index (χ2v) is 10.8. The van der Waals surface area contributed by atoms with Crippen molar-refractivity contribution in [3.8, 4) is 10.4 Å². The van der Waals surface area contributed by atoms with Gasteiger partial charge in [0.1, 0.15) is 4.88 Å². The summed E-state index contributed by atoms with van der Waals surface area (Å²) in [6.45, 7) is 13.5. The van der Waals surface area contributed by atoms with Crippen molar-refractivity contribution in [2.24, 2.45) is 11.8 Å². The molecule has 1 aromatic heterocycles. The first-order chi connectivity index (χ1) is 15.9. The highest BCUT2D eigenvalue weighted by Crippen LogP contribution is 2.43. The first-order valence-electron chi connectivity index (χ1n) is 12.2. The van der Waals surface area contributed by atoms with Crippen LogP contribution in [0.3, 0.4) is 0 Å². The number of aromatic carboxylic acids is 1. The first-order valence-corrected chi connectivity index (χ1v) is 13.0. The van der Waals surface area contributed by atoms with E-state index in [1.165, 1.54) is 48.2 Å². The van der Waals surface area contributed by atoms with Crippen LogP contribution < -0.4 is 5.32 Å². The molecule has 1 aromatic carbocycles. The molecule has 0 saturated heterocycles. The smallest absolute Gasteiger partial charge is 0.346 e. The molecular formula is C28H36N2O2S. The Bertz CT molecular complexity index is 1060. The molecule has 0 bridgehead atoms. The summed E-state index contributed by atoms with van der Waals surface area (Å²) in [6.07, 6.45) is 5.94. The SMILES string of the molecule is C=C(C)Nc1cccc(-c2cc(C3=C(C4CCC(C)CC4)CN(CC)CC3)c(C(=O)O)s2)c1. The van der Waals surface area contributed by atoms with Crippen LogP contribution in [0.2, 0.25) is 0 Å². The molecule has 2 aliphatic rings. The average molecular weight is 465 g/mol. The molecule has 0 amide bonds. The van der Waals surface area contributed by atoms with E-state index in [9.17, 15) is 9.90 Å². The lowest BCUT2D eigenvalue weighted by Crippen LogP contribution is -2.34. The largest absolute Gasteiger partial charge is 0.477 e. The molecule has 1 fully saturated rings. The molecule has 1 saturated carbocycles. The second-order valence-electron chi connectivity index (χ2n) is 9.72. The van der Waals surface area contributed by atoms with E-state index in [1.807, 2.05) is 19.1 Å². The van der Waals surface area contributed by atoms with Crippen LogP contribution in [0.4, 0.5) is 5.69 Å². The van der Waals surface area contributed by atoms with E-state index in [4.69, 9.17) is 0 Å². The number of allylic oxidation sites excluding steroid dienone is 1. The molecule has 4 nitrogen and oxygen atoms in total. The Balaban J connectivity index is 1.77. The number of carbonyl (C=O) groups is 1. The van der Waals surface area contributed by atoms with Crippen molar-refractivity contribution >= 4 is 28.6 Å². The highest BCUT2D eigenvalue weighted by molar-refractivity contribution is 7.17. The van der Waals surface area contributed by atoms with Crippen molar-refractivity contribution in [2.45, 2.75) is 52.9 Å². The highest BCUT2D eigenvalue weighted by Gasteiger charge is 2.30. The van der Waals surface area contributed by atoms with Gasteiger partial charge in [0.25, 0.3) is 0 Å². The lowest BCUT2D eigenvalue weighted by Gasteiger charge is -2.36. The van der Waals surface area contributed by atoms with Gasteiger partial charge in [-0.2, -0.15) is 0 Å². The monoisotopic (exact) mass is 464 g/mol. The summed E-state index contributed by atoms with van der Waals surface area (Å²) in [6, 6.07) is 10.3. The van der Waals surface area contributed by atoms with Crippen LogP contribution in [0.5, 0.6) is 0 Å². The molecular weight excluding hydrogens is 428 g/mol. The zero-order valence-corrected chi connectivity index (χ0v) is 20.9. The van der Waals surface area contributed by atoms with Gasteiger partial charge in [0.2, 0.25) is 0 Å². The number of carboxylic acids is 1. The standard InChI is InChI=1S/C28H36N2O2S/c1-5-30-14-13-23(25(17-30)20-11-9-19(4)10-12-20)24-16-26(33-27(24)28(31)32)21-7-6-8-22(15-21)29-18(2)3/h6-8,15-16,19-20,29H,2,5,9-14,17H2,1,3-4H3,(H,31,32). The topological polar surface area (TPSA) is 52.6 Å². The fraction of sp³-hybridized carbons (Fsp3) is 0.464. The molecule has 2 aromatic rings. The number of nitrogens with zero attached hydrogens (tertiary/aromatic N) is 1. The molecule has 176 valence electrons. The van der Waals surface area contributed by atoms with E-state index in [2.05, 4.69) is 48.8 Å². The first kappa shape index (κ1) is 23.8. The Hall–Kier alpha value is -2.37. The van der Waals surface area contributed by atoms with Crippen molar-refractivity contribution in [3.63, 3.8) is 0 Å². The van der Waals surface area contributed by atoms with E-state index in [0.717, 1.165) is 59.4 Å². The molecule has 0 atom stereocenters. The summed E-state index contributed by atoms with van der Waals surface area (Å²) in [7, 11) is 0. The fourth-order valence-corrected chi connectivity index (χ4v) is 6.34. The van der Waals surface area contributed by atoms with Crippen LogP contribution >= 0.6 is 11.3 Å². The van der Waals surface area contributed by atoms with Gasteiger partial charge in [0.05, 0.1) is 0 Å². The van der Waals surface area contributed by atoms with E-state index >= 15 is 0 Å². The quantitative estimate of drug-likeness (QED) is 0.449. The summed E-state index contributed by atoms with van der Waals surface area (Å²) in [5, 5.41) is 13.4. The molecule has 1 aliphatic heterocycles. The summed E-state index contributed by atoms with van der Waals surface area (Å²) >= 11 is 1.40. The maximum absolute atomic E-state index is 12.3. The number of carboxylic acid groups (broad SMARTS) is 1. The summed E-state index contributed by atoms with van der Waals surface area (Å²) in [5.41, 5.74) is 6.64. The maximum Gasteiger partial charge on any atom is 0.346 e. The van der Waals surface area contributed by atoms with Crippen molar-refractivity contribution in [1.29, 1.82) is 0 Å². The summed E-state index contributed by atoms with van der Waals surface area (Å²) < 4.78 is 0. The molecule has 5 heteroatoms. The Morgan fingerprint density at radius 1 is 1.24 bits per heavy atom. The molecule has 2 N–H and O–H groups in total. The molecule has 1 aliphatic carbocycles. The number of likely N-dealkylation sites (N-methyl/N-ethyl adjacent to an activating group) is 1. The number of anilines is 1. The number of hydrogen-bond acceptors (Lipinski definition) is 4. The zero-order valence-electron chi connectivity index (χ0n) is 20.1. The molecule has 4 rings (SSSR count). The number of benzene rings is 1. The molecule has 33 heavy (non-hydrogen) atoms. The molecule has 0 spiro atoms. The zero-order chi connectivity index (χ0) is 23.5. The minimum Gasteiger partial charge on any atom is -0.477 e. The molecule has 0 radical (unpaired) electrons. The van der Waals surface area contributed by atoms with Crippen LogP contribution in [0.1, 0.15) is 68.1 Å². The lowest BCUT2D eigenvalue weighted by molar-refractivity contribution is 0.0702. The highest BCUT2D eigenvalue weighted by atomic mass is 32.1. The Morgan fingerprint density at radius 3 is 2.67 bits per heavy atom. The minimum absolute atomic E-state index is 0.477. The predicted octanol–water partition coefficient (Wildman–Crippen LogP) is 7.36. The number of nitrogens with one attached hydrogen (secondary N) is 1. The van der Waals surface area contributed by atoms with E-state index in [0.29, 0.717) is 10.8 Å². The van der Waals surface area contributed by atoms with E-state index < -0.39 is 5.97 Å². The van der Waals surface area contributed by atoms with Crippen molar-refractivity contribution in [3.05, 3.63) is 58.6 Å². The molecule has 0 unspecified atom stereocenters. The second kappa shape index (κ2) is 10.3. The van der Waals surface area contributed by atoms with Gasteiger partial charge in [-0.25, -0.2) is 4.79 Å².